The number of methoxy groups -OCH3 is 1. The molecule has 2 rings (SSSR count). The number of nitrogens with zero attached hydrogens (tertiary/aromatic N) is 1. The molecule has 0 aliphatic heterocycles. The molecule has 2 aromatic rings. The van der Waals surface area contributed by atoms with Crippen LogP contribution in [0.1, 0.15) is 17.5 Å². The third kappa shape index (κ3) is 6.17. The van der Waals surface area contributed by atoms with Gasteiger partial charge in [-0.2, -0.15) is 0 Å². The summed E-state index contributed by atoms with van der Waals surface area (Å²) in [4.78, 5) is 2.16. The van der Waals surface area contributed by atoms with Crippen molar-refractivity contribution in [2.75, 3.05) is 34.4 Å². The van der Waals surface area contributed by atoms with Gasteiger partial charge in [0.15, 0.2) is 0 Å². The summed E-state index contributed by atoms with van der Waals surface area (Å²) in [7, 11) is 5.83. The monoisotopic (exact) mass is 311 g/mol. The van der Waals surface area contributed by atoms with Crippen LogP contribution in [0.15, 0.2) is 48.5 Å². The van der Waals surface area contributed by atoms with Gasteiger partial charge in [0.25, 0.3) is 0 Å². The summed E-state index contributed by atoms with van der Waals surface area (Å²) in [5.74, 6) is 1.79. The molecule has 3 heteroatoms. The molecule has 0 saturated carbocycles. The Hall–Kier alpha value is -2.26. The van der Waals surface area contributed by atoms with Crippen LogP contribution in [-0.4, -0.2) is 39.3 Å². The van der Waals surface area contributed by atoms with E-state index in [0.717, 1.165) is 42.2 Å². The van der Waals surface area contributed by atoms with Gasteiger partial charge in [0.2, 0.25) is 0 Å². The van der Waals surface area contributed by atoms with Gasteiger partial charge in [-0.05, 0) is 55.9 Å². The molecular weight excluding hydrogens is 286 g/mol. The third-order valence-corrected chi connectivity index (χ3v) is 3.46. The van der Waals surface area contributed by atoms with Crippen LogP contribution in [0.25, 0.3) is 12.2 Å². The second kappa shape index (κ2) is 9.01. The lowest BCUT2D eigenvalue weighted by atomic mass is 10.1. The average Bonchev–Trinajstić information content (AvgIpc) is 2.58. The highest BCUT2D eigenvalue weighted by Crippen LogP contribution is 2.17. The van der Waals surface area contributed by atoms with E-state index in [9.17, 15) is 0 Å². The van der Waals surface area contributed by atoms with Crippen LogP contribution in [0.4, 0.5) is 0 Å². The Labute approximate surface area is 139 Å². The molecule has 0 fully saturated rings. The summed E-state index contributed by atoms with van der Waals surface area (Å²) in [6.45, 7) is 1.79. The maximum atomic E-state index is 5.74. The van der Waals surface area contributed by atoms with E-state index in [1.54, 1.807) is 7.11 Å². The van der Waals surface area contributed by atoms with Crippen molar-refractivity contribution in [2.24, 2.45) is 0 Å². The standard InChI is InChI=1S/C20H25NO2/c1-21(2)14-5-15-23-19-12-10-17(11-13-19)8-9-18-6-4-7-20(16-18)22-3/h4,6-13,16H,5,14-15H2,1-3H3/b9-8+. The number of hydrogen-bond acceptors (Lipinski definition) is 3. The summed E-state index contributed by atoms with van der Waals surface area (Å²) in [5.41, 5.74) is 2.27. The molecule has 0 atom stereocenters. The van der Waals surface area contributed by atoms with E-state index in [2.05, 4.69) is 49.3 Å². The van der Waals surface area contributed by atoms with Gasteiger partial charge in [-0.3, -0.25) is 0 Å². The Bertz CT molecular complexity index is 618. The Morgan fingerprint density at radius 2 is 1.65 bits per heavy atom. The van der Waals surface area contributed by atoms with E-state index < -0.39 is 0 Å². The normalized spacial score (nSPS) is 11.1. The molecular formula is C20H25NO2. The van der Waals surface area contributed by atoms with E-state index in [1.165, 1.54) is 0 Å². The lowest BCUT2D eigenvalue weighted by Gasteiger charge is -2.10. The largest absolute Gasteiger partial charge is 0.497 e. The Balaban J connectivity index is 1.87. The van der Waals surface area contributed by atoms with Crippen LogP contribution < -0.4 is 9.47 Å². The summed E-state index contributed by atoms with van der Waals surface area (Å²) in [6, 6.07) is 16.2. The minimum Gasteiger partial charge on any atom is -0.497 e. The first-order chi connectivity index (χ1) is 11.2. The maximum Gasteiger partial charge on any atom is 0.119 e. The van der Waals surface area contributed by atoms with E-state index in [1.807, 2.05) is 30.3 Å². The van der Waals surface area contributed by atoms with Gasteiger partial charge in [-0.1, -0.05) is 36.4 Å². The van der Waals surface area contributed by atoms with E-state index >= 15 is 0 Å². The molecule has 0 bridgehead atoms. The Morgan fingerprint density at radius 3 is 2.35 bits per heavy atom. The zero-order chi connectivity index (χ0) is 16.5. The van der Waals surface area contributed by atoms with E-state index in [4.69, 9.17) is 9.47 Å². The third-order valence-electron chi connectivity index (χ3n) is 3.46. The second-order valence-corrected chi connectivity index (χ2v) is 5.68. The van der Waals surface area contributed by atoms with Gasteiger partial charge in [0.05, 0.1) is 13.7 Å². The van der Waals surface area contributed by atoms with Crippen molar-refractivity contribution in [2.45, 2.75) is 6.42 Å². The minimum absolute atomic E-state index is 0.747. The molecule has 23 heavy (non-hydrogen) atoms. The molecule has 0 unspecified atom stereocenters. The predicted molar refractivity (Wildman–Crippen MR) is 97.0 cm³/mol. The van der Waals surface area contributed by atoms with Crippen molar-refractivity contribution in [3.05, 3.63) is 59.7 Å². The first-order valence-corrected chi connectivity index (χ1v) is 7.87. The fourth-order valence-electron chi connectivity index (χ4n) is 2.18. The lowest BCUT2D eigenvalue weighted by molar-refractivity contribution is 0.281. The SMILES string of the molecule is COc1cccc(/C=C/c2ccc(OCCCN(C)C)cc2)c1. The molecule has 0 saturated heterocycles. The smallest absolute Gasteiger partial charge is 0.119 e. The molecule has 0 aromatic heterocycles. The maximum absolute atomic E-state index is 5.74. The van der Waals surface area contributed by atoms with Crippen molar-refractivity contribution in [3.63, 3.8) is 0 Å². The molecule has 0 aliphatic carbocycles. The molecule has 0 amide bonds. The highest BCUT2D eigenvalue weighted by atomic mass is 16.5. The molecule has 0 heterocycles. The Morgan fingerprint density at radius 1 is 0.913 bits per heavy atom. The summed E-state index contributed by atoms with van der Waals surface area (Å²) >= 11 is 0. The molecule has 2 aromatic carbocycles. The van der Waals surface area contributed by atoms with Gasteiger partial charge >= 0.3 is 0 Å². The van der Waals surface area contributed by atoms with Crippen molar-refractivity contribution in [3.8, 4) is 11.5 Å². The zero-order valence-corrected chi connectivity index (χ0v) is 14.2. The average molecular weight is 311 g/mol. The van der Waals surface area contributed by atoms with Crippen LogP contribution in [0.3, 0.4) is 0 Å². The van der Waals surface area contributed by atoms with Gasteiger partial charge in [-0.25, -0.2) is 0 Å². The number of ether oxygens (including phenoxy) is 2. The first-order valence-electron chi connectivity index (χ1n) is 7.87. The summed E-state index contributed by atoms with van der Waals surface area (Å²) in [5, 5.41) is 0. The molecule has 0 aliphatic rings. The van der Waals surface area contributed by atoms with Crippen LogP contribution in [0, 0.1) is 0 Å². The molecule has 0 N–H and O–H groups in total. The number of rotatable bonds is 8. The van der Waals surface area contributed by atoms with Crippen LogP contribution in [0.2, 0.25) is 0 Å². The number of benzene rings is 2. The highest BCUT2D eigenvalue weighted by molar-refractivity contribution is 5.70. The summed E-state index contributed by atoms with van der Waals surface area (Å²) < 4.78 is 11.0. The fourth-order valence-corrected chi connectivity index (χ4v) is 2.18. The predicted octanol–water partition coefficient (Wildman–Crippen LogP) is 4.20. The van der Waals surface area contributed by atoms with E-state index in [-0.39, 0.29) is 0 Å². The minimum atomic E-state index is 0.747. The number of hydrogen-bond donors (Lipinski definition) is 0. The highest BCUT2D eigenvalue weighted by Gasteiger charge is 1.96. The van der Waals surface area contributed by atoms with Gasteiger partial charge < -0.3 is 14.4 Å². The van der Waals surface area contributed by atoms with Crippen LogP contribution >= 0.6 is 0 Å². The van der Waals surface area contributed by atoms with Gasteiger partial charge in [0, 0.05) is 6.54 Å². The Kier molecular flexibility index (Phi) is 6.70. The van der Waals surface area contributed by atoms with Gasteiger partial charge in [-0.15, -0.1) is 0 Å². The lowest BCUT2D eigenvalue weighted by Crippen LogP contribution is -2.15. The van der Waals surface area contributed by atoms with Gasteiger partial charge in [0.1, 0.15) is 11.5 Å². The fraction of sp³-hybridized carbons (Fsp3) is 0.300. The van der Waals surface area contributed by atoms with E-state index in [0.29, 0.717) is 0 Å². The zero-order valence-electron chi connectivity index (χ0n) is 14.2. The molecule has 122 valence electrons. The van der Waals surface area contributed by atoms with Crippen molar-refractivity contribution in [1.82, 2.24) is 4.90 Å². The van der Waals surface area contributed by atoms with Crippen molar-refractivity contribution >= 4 is 12.2 Å². The van der Waals surface area contributed by atoms with Crippen molar-refractivity contribution in [1.29, 1.82) is 0 Å². The van der Waals surface area contributed by atoms with Crippen LogP contribution in [0.5, 0.6) is 11.5 Å². The first kappa shape index (κ1) is 17.1. The topological polar surface area (TPSA) is 21.7 Å². The quantitative estimate of drug-likeness (QED) is 0.539. The molecule has 3 nitrogen and oxygen atoms in total. The molecule has 0 spiro atoms. The van der Waals surface area contributed by atoms with Crippen molar-refractivity contribution < 1.29 is 9.47 Å². The molecule has 0 radical (unpaired) electrons. The van der Waals surface area contributed by atoms with Crippen LogP contribution in [-0.2, 0) is 0 Å². The summed E-state index contributed by atoms with van der Waals surface area (Å²) in [6.07, 6.45) is 5.20. The second-order valence-electron chi connectivity index (χ2n) is 5.68.